The summed E-state index contributed by atoms with van der Waals surface area (Å²) < 4.78 is 0. The van der Waals surface area contributed by atoms with Crippen molar-refractivity contribution < 1.29 is 4.79 Å². The van der Waals surface area contributed by atoms with Crippen molar-refractivity contribution in [2.45, 2.75) is 53.1 Å². The Labute approximate surface area is 119 Å². The molecule has 1 saturated heterocycles. The van der Waals surface area contributed by atoms with Gasteiger partial charge in [-0.15, -0.1) is 0 Å². The fraction of sp³-hybridized carbons (Fsp3) is 0.917. The van der Waals surface area contributed by atoms with Gasteiger partial charge in [-0.1, -0.05) is 34.6 Å². The molecule has 1 fully saturated rings. The highest BCUT2D eigenvalue weighted by Crippen LogP contribution is 2.21. The molecule has 5 heteroatoms. The summed E-state index contributed by atoms with van der Waals surface area (Å²) in [5.74, 6) is 0.717. The molecule has 104 valence electrons. The Morgan fingerprint density at radius 1 is 1.29 bits per heavy atom. The maximum absolute atomic E-state index is 11.8. The zero-order valence-electron chi connectivity index (χ0n) is 11.6. The highest BCUT2D eigenvalue weighted by Gasteiger charge is 2.33. The highest BCUT2D eigenvalue weighted by atomic mass is 32.1. The summed E-state index contributed by atoms with van der Waals surface area (Å²) in [5, 5.41) is 6.46. The smallest absolute Gasteiger partial charge is 0.237 e. The first-order valence-electron chi connectivity index (χ1n) is 5.84. The van der Waals surface area contributed by atoms with Crippen molar-refractivity contribution in [3.63, 3.8) is 0 Å². The van der Waals surface area contributed by atoms with Crippen molar-refractivity contribution in [1.82, 2.24) is 10.6 Å². The van der Waals surface area contributed by atoms with Crippen LogP contribution in [0.15, 0.2) is 0 Å². The van der Waals surface area contributed by atoms with Gasteiger partial charge in [-0.25, -0.2) is 0 Å². The van der Waals surface area contributed by atoms with Crippen molar-refractivity contribution in [2.24, 2.45) is 11.3 Å². The van der Waals surface area contributed by atoms with Crippen molar-refractivity contribution in [2.75, 3.05) is 6.54 Å². The lowest BCUT2D eigenvalue weighted by Gasteiger charge is -2.38. The first-order valence-corrected chi connectivity index (χ1v) is 5.84. The predicted octanol–water partition coefficient (Wildman–Crippen LogP) is 1.76. The molecule has 0 radical (unpaired) electrons. The topological polar surface area (TPSA) is 41.1 Å². The van der Waals surface area contributed by atoms with E-state index < -0.39 is 0 Å². The third kappa shape index (κ3) is 6.02. The number of amides is 1. The fourth-order valence-corrected chi connectivity index (χ4v) is 1.86. The molecule has 0 aromatic heterocycles. The molecule has 0 spiro atoms. The lowest BCUT2D eigenvalue weighted by atomic mass is 9.84. The van der Waals surface area contributed by atoms with Crippen molar-refractivity contribution in [3.8, 4) is 0 Å². The van der Waals surface area contributed by atoms with Gasteiger partial charge in [0.2, 0.25) is 5.91 Å². The first kappa shape index (κ1) is 19.5. The van der Waals surface area contributed by atoms with Gasteiger partial charge in [-0.2, -0.15) is 27.0 Å². The van der Waals surface area contributed by atoms with Gasteiger partial charge in [0.1, 0.15) is 0 Å². The molecule has 2 N–H and O–H groups in total. The summed E-state index contributed by atoms with van der Waals surface area (Å²) in [6, 6.07) is 0.247. The number of hydrogen-bond acceptors (Lipinski definition) is 2. The Hall–Kier alpha value is 0.130. The quantitative estimate of drug-likeness (QED) is 0.809. The molecule has 0 unspecified atom stereocenters. The summed E-state index contributed by atoms with van der Waals surface area (Å²) >= 11 is 0. The third-order valence-electron chi connectivity index (χ3n) is 2.95. The van der Waals surface area contributed by atoms with Crippen LogP contribution < -0.4 is 10.6 Å². The summed E-state index contributed by atoms with van der Waals surface area (Å²) in [6.45, 7) is 11.6. The van der Waals surface area contributed by atoms with E-state index in [1.807, 2.05) is 0 Å². The molecule has 0 aromatic rings. The van der Waals surface area contributed by atoms with Crippen LogP contribution in [-0.4, -0.2) is 24.5 Å². The van der Waals surface area contributed by atoms with E-state index >= 15 is 0 Å². The van der Waals surface area contributed by atoms with Gasteiger partial charge < -0.3 is 10.6 Å². The van der Waals surface area contributed by atoms with Gasteiger partial charge in [0.05, 0.1) is 6.04 Å². The zero-order chi connectivity index (χ0) is 11.6. The Morgan fingerprint density at radius 2 is 1.82 bits per heavy atom. The van der Waals surface area contributed by atoms with E-state index in [1.54, 1.807) is 0 Å². The van der Waals surface area contributed by atoms with Crippen LogP contribution in [0.3, 0.4) is 0 Å². The monoisotopic (exact) mass is 280 g/mol. The molecule has 0 bridgehead atoms. The average molecular weight is 281 g/mol. The van der Waals surface area contributed by atoms with Crippen LogP contribution in [0.2, 0.25) is 0 Å². The van der Waals surface area contributed by atoms with Crippen LogP contribution in [0.4, 0.5) is 0 Å². The maximum Gasteiger partial charge on any atom is 0.237 e. The van der Waals surface area contributed by atoms with Crippen LogP contribution in [0.25, 0.3) is 0 Å². The number of piperazine rings is 1. The van der Waals surface area contributed by atoms with Gasteiger partial charge in [-0.3, -0.25) is 4.79 Å². The van der Waals surface area contributed by atoms with Crippen molar-refractivity contribution >= 4 is 32.9 Å². The Balaban J connectivity index is 0. The molecule has 0 aliphatic carbocycles. The molecule has 1 heterocycles. The second-order valence-electron chi connectivity index (χ2n) is 6.02. The van der Waals surface area contributed by atoms with Crippen molar-refractivity contribution in [3.05, 3.63) is 0 Å². The van der Waals surface area contributed by atoms with Crippen LogP contribution in [0.5, 0.6) is 0 Å². The molecule has 1 rings (SSSR count). The van der Waals surface area contributed by atoms with Crippen LogP contribution in [0, 0.1) is 11.3 Å². The van der Waals surface area contributed by atoms with E-state index in [9.17, 15) is 4.79 Å². The standard InChI is InChI=1S/C12H24N2O.2H2S/c1-8(2)6-9-11(15)14-10(7-13-9)12(3,4)5;;/h8-10,13H,6-7H2,1-5H3,(H,14,15);2*1H2/t9-,10+;;/m0../s1. The molecule has 1 amide bonds. The Morgan fingerprint density at radius 3 is 2.18 bits per heavy atom. The predicted molar refractivity (Wildman–Crippen MR) is 83.4 cm³/mol. The van der Waals surface area contributed by atoms with Crippen molar-refractivity contribution in [1.29, 1.82) is 0 Å². The van der Waals surface area contributed by atoms with Gasteiger partial charge in [0.25, 0.3) is 0 Å². The number of hydrogen-bond donors (Lipinski definition) is 2. The largest absolute Gasteiger partial charge is 0.350 e. The van der Waals surface area contributed by atoms with Gasteiger partial charge >= 0.3 is 0 Å². The van der Waals surface area contributed by atoms with E-state index in [0.29, 0.717) is 5.92 Å². The molecular formula is C12H28N2OS2. The van der Waals surface area contributed by atoms with Gasteiger partial charge in [0.15, 0.2) is 0 Å². The number of carbonyl (C=O) groups excluding carboxylic acids is 1. The van der Waals surface area contributed by atoms with Crippen LogP contribution >= 0.6 is 27.0 Å². The molecule has 0 saturated carbocycles. The average Bonchev–Trinajstić information content (AvgIpc) is 2.05. The Bertz CT molecular complexity index is 239. The van der Waals surface area contributed by atoms with Crippen LogP contribution in [-0.2, 0) is 4.79 Å². The second kappa shape index (κ2) is 7.54. The summed E-state index contributed by atoms with van der Waals surface area (Å²) in [5.41, 5.74) is 0.130. The molecule has 0 aromatic carbocycles. The van der Waals surface area contributed by atoms with E-state index in [2.05, 4.69) is 45.3 Å². The summed E-state index contributed by atoms with van der Waals surface area (Å²) in [4.78, 5) is 11.8. The molecule has 17 heavy (non-hydrogen) atoms. The zero-order valence-corrected chi connectivity index (χ0v) is 13.6. The lowest BCUT2D eigenvalue weighted by molar-refractivity contribution is -0.127. The lowest BCUT2D eigenvalue weighted by Crippen LogP contribution is -2.62. The number of carbonyl (C=O) groups is 1. The van der Waals surface area contributed by atoms with E-state index in [4.69, 9.17) is 0 Å². The van der Waals surface area contributed by atoms with Gasteiger partial charge in [0, 0.05) is 12.6 Å². The first-order chi connectivity index (χ1) is 6.80. The van der Waals surface area contributed by atoms with E-state index in [1.165, 1.54) is 0 Å². The minimum Gasteiger partial charge on any atom is -0.350 e. The highest BCUT2D eigenvalue weighted by molar-refractivity contribution is 7.59. The Kier molecular flexibility index (Phi) is 8.63. The maximum atomic E-state index is 11.8. The second-order valence-corrected chi connectivity index (χ2v) is 6.02. The summed E-state index contributed by atoms with van der Waals surface area (Å²) in [6.07, 6.45) is 0.919. The number of rotatable bonds is 2. The van der Waals surface area contributed by atoms with E-state index in [-0.39, 0.29) is 50.4 Å². The van der Waals surface area contributed by atoms with E-state index in [0.717, 1.165) is 13.0 Å². The minimum absolute atomic E-state index is 0. The molecule has 1 aliphatic heterocycles. The minimum atomic E-state index is 0. The fourth-order valence-electron chi connectivity index (χ4n) is 1.86. The van der Waals surface area contributed by atoms with Gasteiger partial charge in [-0.05, 0) is 17.8 Å². The molecule has 3 nitrogen and oxygen atoms in total. The molecule has 2 atom stereocenters. The third-order valence-corrected chi connectivity index (χ3v) is 2.95. The normalized spacial score (nSPS) is 24.7. The molecular weight excluding hydrogens is 252 g/mol. The SMILES string of the molecule is CC(C)C[C@@H]1NC[C@H](C(C)(C)C)NC1=O.S.S. The number of nitrogens with one attached hydrogen (secondary N) is 2. The van der Waals surface area contributed by atoms with Crippen LogP contribution in [0.1, 0.15) is 41.0 Å². The summed E-state index contributed by atoms with van der Waals surface area (Å²) in [7, 11) is 0. The molecule has 1 aliphatic rings.